The van der Waals surface area contributed by atoms with Crippen LogP contribution in [0.25, 0.3) is 16.8 Å². The van der Waals surface area contributed by atoms with Gasteiger partial charge in [0.2, 0.25) is 0 Å². The first-order valence-corrected chi connectivity index (χ1v) is 9.31. The number of benzene rings is 1. The Labute approximate surface area is 145 Å². The SMILES string of the molecule is O=S(=O)(Nc1nccs1)c1ccc(-c2cnn3c(O)ncnc23)cc1. The van der Waals surface area contributed by atoms with Gasteiger partial charge in [-0.25, -0.2) is 18.4 Å². The number of hydrogen-bond acceptors (Lipinski definition) is 8. The van der Waals surface area contributed by atoms with E-state index >= 15 is 0 Å². The van der Waals surface area contributed by atoms with Gasteiger partial charge in [-0.1, -0.05) is 12.1 Å². The third kappa shape index (κ3) is 2.79. The van der Waals surface area contributed by atoms with Gasteiger partial charge < -0.3 is 5.11 Å². The molecule has 0 amide bonds. The van der Waals surface area contributed by atoms with Crippen molar-refractivity contribution in [2.24, 2.45) is 0 Å². The molecule has 0 aliphatic carbocycles. The molecule has 0 spiro atoms. The quantitative estimate of drug-likeness (QED) is 0.558. The van der Waals surface area contributed by atoms with E-state index in [0.29, 0.717) is 21.9 Å². The van der Waals surface area contributed by atoms with E-state index in [0.717, 1.165) is 0 Å². The number of anilines is 1. The highest BCUT2D eigenvalue weighted by Gasteiger charge is 2.16. The largest absolute Gasteiger partial charge is 0.479 e. The first kappa shape index (κ1) is 15.5. The molecule has 4 aromatic rings. The Hall–Kier alpha value is -3.05. The number of hydrogen-bond donors (Lipinski definition) is 2. The fourth-order valence-corrected chi connectivity index (χ4v) is 4.06. The Balaban J connectivity index is 1.69. The van der Waals surface area contributed by atoms with E-state index in [9.17, 15) is 13.5 Å². The molecule has 0 aliphatic heterocycles. The molecular weight excluding hydrogens is 364 g/mol. The van der Waals surface area contributed by atoms with E-state index in [2.05, 4.69) is 24.8 Å². The van der Waals surface area contributed by atoms with E-state index in [-0.39, 0.29) is 10.9 Å². The number of thiazole rings is 1. The Morgan fingerprint density at radius 2 is 1.92 bits per heavy atom. The van der Waals surface area contributed by atoms with Crippen molar-refractivity contribution in [1.29, 1.82) is 0 Å². The maximum Gasteiger partial charge on any atom is 0.318 e. The van der Waals surface area contributed by atoms with Crippen molar-refractivity contribution >= 4 is 32.1 Å². The predicted octanol–water partition coefficient (Wildman–Crippen LogP) is 1.75. The van der Waals surface area contributed by atoms with E-state index in [4.69, 9.17) is 0 Å². The number of aromatic hydroxyl groups is 1. The number of aromatic nitrogens is 5. The number of nitrogens with zero attached hydrogens (tertiary/aromatic N) is 5. The molecule has 4 rings (SSSR count). The molecule has 25 heavy (non-hydrogen) atoms. The van der Waals surface area contributed by atoms with Crippen LogP contribution < -0.4 is 4.72 Å². The van der Waals surface area contributed by atoms with Crippen molar-refractivity contribution in [2.45, 2.75) is 4.90 Å². The molecule has 0 bridgehead atoms. The van der Waals surface area contributed by atoms with E-state index in [1.807, 2.05) is 0 Å². The van der Waals surface area contributed by atoms with Crippen LogP contribution in [0.15, 0.2) is 53.3 Å². The molecule has 9 nitrogen and oxygen atoms in total. The summed E-state index contributed by atoms with van der Waals surface area (Å²) in [5.74, 6) is 0. The third-order valence-electron chi connectivity index (χ3n) is 3.42. The minimum atomic E-state index is -3.71. The van der Waals surface area contributed by atoms with Crippen molar-refractivity contribution in [3.05, 3.63) is 48.4 Å². The van der Waals surface area contributed by atoms with Gasteiger partial charge in [0.15, 0.2) is 10.8 Å². The lowest BCUT2D eigenvalue weighted by Gasteiger charge is -2.06. The van der Waals surface area contributed by atoms with Gasteiger partial charge in [-0.05, 0) is 17.7 Å². The lowest BCUT2D eigenvalue weighted by molar-refractivity contribution is 0.411. The molecule has 0 fully saturated rings. The van der Waals surface area contributed by atoms with E-state index in [1.54, 1.807) is 17.5 Å². The van der Waals surface area contributed by atoms with Gasteiger partial charge in [0, 0.05) is 17.1 Å². The summed E-state index contributed by atoms with van der Waals surface area (Å²) >= 11 is 1.20. The molecule has 3 heterocycles. The Kier molecular flexibility index (Phi) is 3.58. The monoisotopic (exact) mass is 374 g/mol. The highest BCUT2D eigenvalue weighted by atomic mass is 32.2. The number of sulfonamides is 1. The molecule has 2 N–H and O–H groups in total. The fraction of sp³-hybridized carbons (Fsp3) is 0. The maximum atomic E-state index is 12.3. The van der Waals surface area contributed by atoms with Crippen LogP contribution in [0.4, 0.5) is 5.13 Å². The lowest BCUT2D eigenvalue weighted by Crippen LogP contribution is -2.12. The van der Waals surface area contributed by atoms with Crippen LogP contribution in [0, 0.1) is 0 Å². The van der Waals surface area contributed by atoms with Crippen molar-refractivity contribution < 1.29 is 13.5 Å². The molecule has 0 saturated heterocycles. The fourth-order valence-electron chi connectivity index (χ4n) is 2.27. The average molecular weight is 374 g/mol. The Bertz CT molecular complexity index is 1140. The van der Waals surface area contributed by atoms with Crippen LogP contribution in [0.2, 0.25) is 0 Å². The molecular formula is C14H10N6O3S2. The summed E-state index contributed by atoms with van der Waals surface area (Å²) in [6.07, 6.45) is 4.28. The zero-order chi connectivity index (χ0) is 17.4. The van der Waals surface area contributed by atoms with Gasteiger partial charge in [0.05, 0.1) is 11.1 Å². The summed E-state index contributed by atoms with van der Waals surface area (Å²) in [7, 11) is -3.71. The Morgan fingerprint density at radius 3 is 2.64 bits per heavy atom. The van der Waals surface area contributed by atoms with Crippen molar-refractivity contribution in [2.75, 3.05) is 4.72 Å². The zero-order valence-electron chi connectivity index (χ0n) is 12.4. The highest BCUT2D eigenvalue weighted by molar-refractivity contribution is 7.93. The van der Waals surface area contributed by atoms with Crippen LogP contribution in [-0.2, 0) is 10.0 Å². The molecule has 0 unspecified atom stereocenters. The topological polar surface area (TPSA) is 122 Å². The summed E-state index contributed by atoms with van der Waals surface area (Å²) in [5.41, 5.74) is 1.78. The smallest absolute Gasteiger partial charge is 0.318 e. The number of rotatable bonds is 4. The first-order valence-electron chi connectivity index (χ1n) is 6.95. The van der Waals surface area contributed by atoms with Crippen molar-refractivity contribution in [1.82, 2.24) is 24.6 Å². The second kappa shape index (κ2) is 5.79. The molecule has 0 aliphatic rings. The second-order valence-corrected chi connectivity index (χ2v) is 7.51. The molecule has 0 atom stereocenters. The normalized spacial score (nSPS) is 11.7. The molecule has 3 aromatic heterocycles. The van der Waals surface area contributed by atoms with Crippen LogP contribution in [0.3, 0.4) is 0 Å². The van der Waals surface area contributed by atoms with Crippen LogP contribution in [-0.4, -0.2) is 38.1 Å². The second-order valence-electron chi connectivity index (χ2n) is 4.93. The molecule has 1 aromatic carbocycles. The van der Waals surface area contributed by atoms with Gasteiger partial charge in [-0.3, -0.25) is 4.72 Å². The van der Waals surface area contributed by atoms with Crippen molar-refractivity contribution in [3.8, 4) is 17.1 Å². The van der Waals surface area contributed by atoms with Gasteiger partial charge in [-0.2, -0.15) is 14.6 Å². The Morgan fingerprint density at radius 1 is 1.12 bits per heavy atom. The minimum Gasteiger partial charge on any atom is -0.479 e. The summed E-state index contributed by atoms with van der Waals surface area (Å²) in [4.78, 5) is 11.8. The predicted molar refractivity (Wildman–Crippen MR) is 90.8 cm³/mol. The summed E-state index contributed by atoms with van der Waals surface area (Å²) < 4.78 is 28.3. The summed E-state index contributed by atoms with van der Waals surface area (Å²) in [6, 6.07) is 5.98. The molecule has 0 radical (unpaired) electrons. The maximum absolute atomic E-state index is 12.3. The summed E-state index contributed by atoms with van der Waals surface area (Å²) in [6.45, 7) is 0. The van der Waals surface area contributed by atoms with Crippen molar-refractivity contribution in [3.63, 3.8) is 0 Å². The van der Waals surface area contributed by atoms with E-state index in [1.165, 1.54) is 46.7 Å². The average Bonchev–Trinajstić information content (AvgIpc) is 3.25. The van der Waals surface area contributed by atoms with Gasteiger partial charge in [0.25, 0.3) is 10.0 Å². The van der Waals surface area contributed by atoms with Crippen LogP contribution in [0.5, 0.6) is 6.01 Å². The summed E-state index contributed by atoms with van der Waals surface area (Å²) in [5, 5.41) is 15.7. The molecule has 11 heteroatoms. The van der Waals surface area contributed by atoms with Gasteiger partial charge >= 0.3 is 6.01 Å². The first-order chi connectivity index (χ1) is 12.0. The third-order valence-corrected chi connectivity index (χ3v) is 5.59. The lowest BCUT2D eigenvalue weighted by atomic mass is 10.1. The molecule has 0 saturated carbocycles. The van der Waals surface area contributed by atoms with Gasteiger partial charge in [-0.15, -0.1) is 11.3 Å². The highest BCUT2D eigenvalue weighted by Crippen LogP contribution is 2.26. The minimum absolute atomic E-state index is 0.111. The number of fused-ring (bicyclic) bond motifs is 1. The number of nitrogens with one attached hydrogen (secondary N) is 1. The van der Waals surface area contributed by atoms with Crippen LogP contribution >= 0.6 is 11.3 Å². The van der Waals surface area contributed by atoms with Gasteiger partial charge in [0.1, 0.15) is 6.33 Å². The molecule has 126 valence electrons. The van der Waals surface area contributed by atoms with Crippen LogP contribution in [0.1, 0.15) is 0 Å². The standard InChI is InChI=1S/C14H10N6O3S2/c21-14-17-8-16-12-11(7-18-20(12)14)9-1-3-10(4-2-9)25(22,23)19-13-15-5-6-24-13/h1-8H,(H,15,19)(H,16,17,21). The zero-order valence-corrected chi connectivity index (χ0v) is 14.1. The van der Waals surface area contributed by atoms with E-state index < -0.39 is 10.0 Å².